The lowest BCUT2D eigenvalue weighted by Gasteiger charge is -2.34. The van der Waals surface area contributed by atoms with Crippen molar-refractivity contribution in [1.82, 2.24) is 0 Å². The summed E-state index contributed by atoms with van der Waals surface area (Å²) in [5, 5.41) is 0.789. The summed E-state index contributed by atoms with van der Waals surface area (Å²) in [7, 11) is 0. The van der Waals surface area contributed by atoms with Crippen LogP contribution in [-0.2, 0) is 4.79 Å². The molecule has 0 spiro atoms. The highest BCUT2D eigenvalue weighted by Gasteiger charge is 2.29. The summed E-state index contributed by atoms with van der Waals surface area (Å²) in [4.78, 5) is 10.3. The van der Waals surface area contributed by atoms with Gasteiger partial charge in [-0.15, -0.1) is 0 Å². The van der Waals surface area contributed by atoms with E-state index in [0.29, 0.717) is 11.8 Å². The number of aldehydes is 1. The van der Waals surface area contributed by atoms with Crippen molar-refractivity contribution in [2.45, 2.75) is 25.2 Å². The molecule has 0 atom stereocenters. The molecule has 2 rings (SSSR count). The first-order valence-corrected chi connectivity index (χ1v) is 5.36. The third-order valence-corrected chi connectivity index (χ3v) is 3.26. The zero-order valence-electron chi connectivity index (χ0n) is 7.95. The fraction of sp³-hybridized carbons (Fsp3) is 0.417. The lowest BCUT2D eigenvalue weighted by Crippen LogP contribution is -2.21. The predicted octanol–water partition coefficient (Wildman–Crippen LogP) is 3.42. The normalized spacial score (nSPS) is 25.5. The van der Waals surface area contributed by atoms with Crippen LogP contribution in [0.2, 0.25) is 5.02 Å². The van der Waals surface area contributed by atoms with Gasteiger partial charge in [-0.05, 0) is 42.4 Å². The highest BCUT2D eigenvalue weighted by atomic mass is 35.5. The number of hydrogen-bond acceptors (Lipinski definition) is 1. The largest absolute Gasteiger partial charge is 0.303 e. The van der Waals surface area contributed by atoms with Crippen molar-refractivity contribution < 1.29 is 4.79 Å². The molecule has 0 unspecified atom stereocenters. The average Bonchev–Trinajstić information content (AvgIpc) is 2.13. The molecule has 1 aliphatic carbocycles. The van der Waals surface area contributed by atoms with Crippen LogP contribution in [0.3, 0.4) is 0 Å². The van der Waals surface area contributed by atoms with Gasteiger partial charge < -0.3 is 4.79 Å². The van der Waals surface area contributed by atoms with E-state index in [1.165, 1.54) is 5.56 Å². The summed E-state index contributed by atoms with van der Waals surface area (Å²) >= 11 is 5.81. The second-order valence-corrected chi connectivity index (χ2v) is 4.42. The van der Waals surface area contributed by atoms with E-state index in [0.717, 1.165) is 30.6 Å². The Bertz CT molecular complexity index is 312. The molecule has 0 aliphatic heterocycles. The fourth-order valence-electron chi connectivity index (χ4n) is 2.07. The van der Waals surface area contributed by atoms with E-state index >= 15 is 0 Å². The molecule has 1 aliphatic rings. The van der Waals surface area contributed by atoms with E-state index in [1.807, 2.05) is 12.1 Å². The van der Waals surface area contributed by atoms with Gasteiger partial charge in [-0.25, -0.2) is 0 Å². The molecule has 0 heterocycles. The first-order chi connectivity index (χ1) is 6.79. The van der Waals surface area contributed by atoms with Crippen LogP contribution in [-0.4, -0.2) is 6.29 Å². The van der Waals surface area contributed by atoms with Crippen LogP contribution in [0, 0.1) is 5.92 Å². The minimum atomic E-state index is 0.619. The van der Waals surface area contributed by atoms with Crippen LogP contribution in [0.5, 0.6) is 0 Å². The third-order valence-electron chi connectivity index (χ3n) is 3.01. The van der Waals surface area contributed by atoms with Crippen molar-refractivity contribution in [1.29, 1.82) is 0 Å². The Labute approximate surface area is 89.1 Å². The maximum atomic E-state index is 10.3. The van der Waals surface area contributed by atoms with Gasteiger partial charge in [-0.2, -0.15) is 0 Å². The van der Waals surface area contributed by atoms with Gasteiger partial charge in [0.2, 0.25) is 0 Å². The van der Waals surface area contributed by atoms with Crippen molar-refractivity contribution in [2.75, 3.05) is 0 Å². The highest BCUT2D eigenvalue weighted by Crippen LogP contribution is 2.42. The summed E-state index contributed by atoms with van der Waals surface area (Å²) in [5.41, 5.74) is 1.36. The molecule has 0 amide bonds. The molecule has 0 aromatic heterocycles. The summed E-state index contributed by atoms with van der Waals surface area (Å²) in [6.07, 6.45) is 4.06. The number of carbonyl (C=O) groups excluding carboxylic acids is 1. The van der Waals surface area contributed by atoms with Crippen LogP contribution < -0.4 is 0 Å². The van der Waals surface area contributed by atoms with Crippen molar-refractivity contribution in [3.8, 4) is 0 Å². The predicted molar refractivity (Wildman–Crippen MR) is 57.6 cm³/mol. The highest BCUT2D eigenvalue weighted by molar-refractivity contribution is 6.30. The minimum absolute atomic E-state index is 0.619. The summed E-state index contributed by atoms with van der Waals surface area (Å²) < 4.78 is 0. The van der Waals surface area contributed by atoms with E-state index in [4.69, 9.17) is 11.6 Å². The van der Waals surface area contributed by atoms with Gasteiger partial charge in [0.1, 0.15) is 6.29 Å². The van der Waals surface area contributed by atoms with Gasteiger partial charge in [-0.1, -0.05) is 23.7 Å². The van der Waals surface area contributed by atoms with E-state index in [1.54, 1.807) is 0 Å². The lowest BCUT2D eigenvalue weighted by atomic mass is 9.70. The number of benzene rings is 1. The van der Waals surface area contributed by atoms with E-state index < -0.39 is 0 Å². The summed E-state index contributed by atoms with van der Waals surface area (Å²) in [6, 6.07) is 8.04. The Hall–Kier alpha value is -0.820. The fourth-order valence-corrected chi connectivity index (χ4v) is 2.20. The van der Waals surface area contributed by atoms with Crippen LogP contribution in [0.1, 0.15) is 30.7 Å². The van der Waals surface area contributed by atoms with Gasteiger partial charge in [-0.3, -0.25) is 0 Å². The molecule has 0 bridgehead atoms. The zero-order chi connectivity index (χ0) is 9.97. The van der Waals surface area contributed by atoms with Crippen LogP contribution in [0.25, 0.3) is 0 Å². The number of carbonyl (C=O) groups is 1. The van der Waals surface area contributed by atoms with Crippen molar-refractivity contribution in [3.05, 3.63) is 34.9 Å². The first kappa shape index (κ1) is 9.72. The third kappa shape index (κ3) is 1.98. The second kappa shape index (κ2) is 4.14. The van der Waals surface area contributed by atoms with Gasteiger partial charge in [0, 0.05) is 11.4 Å². The molecule has 1 aromatic rings. The Balaban J connectivity index is 1.93. The topological polar surface area (TPSA) is 17.1 Å². The Morgan fingerprint density at radius 3 is 2.50 bits per heavy atom. The monoisotopic (exact) mass is 208 g/mol. The van der Waals surface area contributed by atoms with Gasteiger partial charge in [0.25, 0.3) is 0 Å². The molecule has 14 heavy (non-hydrogen) atoms. The van der Waals surface area contributed by atoms with Gasteiger partial charge >= 0.3 is 0 Å². The van der Waals surface area contributed by atoms with Crippen molar-refractivity contribution in [3.63, 3.8) is 0 Å². The molecule has 1 saturated carbocycles. The summed E-state index contributed by atoms with van der Waals surface area (Å²) in [6.45, 7) is 0. The van der Waals surface area contributed by atoms with Crippen LogP contribution in [0.4, 0.5) is 0 Å². The molecule has 1 aromatic carbocycles. The average molecular weight is 209 g/mol. The quantitative estimate of drug-likeness (QED) is 0.696. The maximum Gasteiger partial charge on any atom is 0.120 e. The molecule has 0 radical (unpaired) electrons. The molecular formula is C12H13ClO. The van der Waals surface area contributed by atoms with E-state index in [-0.39, 0.29) is 0 Å². The smallest absolute Gasteiger partial charge is 0.120 e. The molecule has 74 valence electrons. The SMILES string of the molecule is O=CCC1CC(c2ccc(Cl)cc2)C1. The van der Waals surface area contributed by atoms with E-state index in [2.05, 4.69) is 12.1 Å². The minimum Gasteiger partial charge on any atom is -0.303 e. The van der Waals surface area contributed by atoms with Crippen molar-refractivity contribution >= 4 is 17.9 Å². The molecular weight excluding hydrogens is 196 g/mol. The first-order valence-electron chi connectivity index (χ1n) is 4.98. The van der Waals surface area contributed by atoms with Gasteiger partial charge in [0.05, 0.1) is 0 Å². The Morgan fingerprint density at radius 2 is 1.93 bits per heavy atom. The zero-order valence-corrected chi connectivity index (χ0v) is 8.70. The molecule has 2 heteroatoms. The van der Waals surface area contributed by atoms with Gasteiger partial charge in [0.15, 0.2) is 0 Å². The molecule has 1 fully saturated rings. The molecule has 0 saturated heterocycles. The Kier molecular flexibility index (Phi) is 2.87. The van der Waals surface area contributed by atoms with Crippen LogP contribution >= 0.6 is 11.6 Å². The lowest BCUT2D eigenvalue weighted by molar-refractivity contribution is -0.109. The number of halogens is 1. The van der Waals surface area contributed by atoms with Crippen molar-refractivity contribution in [2.24, 2.45) is 5.92 Å². The molecule has 0 N–H and O–H groups in total. The molecule has 1 nitrogen and oxygen atoms in total. The number of rotatable bonds is 3. The standard InChI is InChI=1S/C12H13ClO/c13-12-3-1-10(2-4-12)11-7-9(8-11)5-6-14/h1-4,6,9,11H,5,7-8H2. The maximum absolute atomic E-state index is 10.3. The van der Waals surface area contributed by atoms with Crippen LogP contribution in [0.15, 0.2) is 24.3 Å². The Morgan fingerprint density at radius 1 is 1.29 bits per heavy atom. The number of hydrogen-bond donors (Lipinski definition) is 0. The second-order valence-electron chi connectivity index (χ2n) is 3.99. The van der Waals surface area contributed by atoms with E-state index in [9.17, 15) is 4.79 Å². The summed E-state index contributed by atoms with van der Waals surface area (Å²) in [5.74, 6) is 1.27.